The Morgan fingerprint density at radius 1 is 1.21 bits per heavy atom. The Bertz CT molecular complexity index is 655. The molecule has 2 aromatic rings. The molecule has 0 unspecified atom stereocenters. The van der Waals surface area contributed by atoms with Crippen LogP contribution in [-0.4, -0.2) is 19.1 Å². The zero-order valence-corrected chi connectivity index (χ0v) is 16.4. The first-order valence-corrected chi connectivity index (χ1v) is 9.39. The maximum Gasteiger partial charge on any atom is 0.251 e. The Balaban J connectivity index is 2.06. The number of rotatable bonds is 8. The summed E-state index contributed by atoms with van der Waals surface area (Å²) in [5.41, 5.74) is 1.89. The maximum absolute atomic E-state index is 12.5. The molecule has 0 saturated carbocycles. The summed E-state index contributed by atoms with van der Waals surface area (Å²) in [4.78, 5) is 12.5. The predicted molar refractivity (Wildman–Crippen MR) is 107 cm³/mol. The number of carbonyl (C=O) groups is 1. The van der Waals surface area contributed by atoms with Crippen molar-refractivity contribution in [2.75, 3.05) is 7.11 Å². The van der Waals surface area contributed by atoms with Crippen molar-refractivity contribution in [1.29, 1.82) is 0 Å². The van der Waals surface area contributed by atoms with Crippen LogP contribution in [0.4, 0.5) is 0 Å². The van der Waals surface area contributed by atoms with Gasteiger partial charge in [0.15, 0.2) is 0 Å². The molecule has 0 spiro atoms. The molecule has 0 aromatic heterocycles. The fourth-order valence-corrected chi connectivity index (χ4v) is 2.99. The topological polar surface area (TPSA) is 38.3 Å². The normalized spacial score (nSPS) is 11.8. The molecular formula is C20H24INO2. The monoisotopic (exact) mass is 437 g/mol. The van der Waals surface area contributed by atoms with Gasteiger partial charge in [0.2, 0.25) is 0 Å². The lowest BCUT2D eigenvalue weighted by Crippen LogP contribution is -2.36. The van der Waals surface area contributed by atoms with Crippen LogP contribution >= 0.6 is 22.6 Å². The van der Waals surface area contributed by atoms with Crippen LogP contribution in [0.5, 0.6) is 5.75 Å². The van der Waals surface area contributed by atoms with Gasteiger partial charge >= 0.3 is 0 Å². The second-order valence-corrected chi connectivity index (χ2v) is 7.12. The number of hydrogen-bond donors (Lipinski definition) is 1. The highest BCUT2D eigenvalue weighted by molar-refractivity contribution is 14.1. The number of carbonyl (C=O) groups excluding carboxylic acids is 1. The van der Waals surface area contributed by atoms with Gasteiger partial charge in [-0.1, -0.05) is 31.9 Å². The third kappa shape index (κ3) is 5.82. The smallest absolute Gasteiger partial charge is 0.251 e. The van der Waals surface area contributed by atoms with Crippen LogP contribution in [-0.2, 0) is 6.42 Å². The summed E-state index contributed by atoms with van der Waals surface area (Å²) >= 11 is 2.24. The summed E-state index contributed by atoms with van der Waals surface area (Å²) in [7, 11) is 1.67. The average molecular weight is 437 g/mol. The summed E-state index contributed by atoms with van der Waals surface area (Å²) in [5, 5.41) is 3.19. The second kappa shape index (κ2) is 9.67. The molecule has 0 aliphatic rings. The van der Waals surface area contributed by atoms with Crippen molar-refractivity contribution >= 4 is 28.5 Å². The lowest BCUT2D eigenvalue weighted by atomic mass is 10.00. The molecule has 0 aliphatic carbocycles. The first kappa shape index (κ1) is 18.8. The second-order valence-electron chi connectivity index (χ2n) is 5.88. The Morgan fingerprint density at radius 2 is 1.96 bits per heavy atom. The summed E-state index contributed by atoms with van der Waals surface area (Å²) in [6.07, 6.45) is 4.01. The molecule has 0 radical (unpaired) electrons. The van der Waals surface area contributed by atoms with Crippen LogP contribution in [0.3, 0.4) is 0 Å². The Hall–Kier alpha value is -1.56. The van der Waals surface area contributed by atoms with Crippen molar-refractivity contribution in [1.82, 2.24) is 5.32 Å². The van der Waals surface area contributed by atoms with Crippen LogP contribution in [0.1, 0.15) is 42.1 Å². The van der Waals surface area contributed by atoms with E-state index in [1.165, 1.54) is 5.56 Å². The molecule has 128 valence electrons. The van der Waals surface area contributed by atoms with E-state index in [2.05, 4.69) is 40.9 Å². The third-order valence-electron chi connectivity index (χ3n) is 3.96. The minimum absolute atomic E-state index is 0.00426. The molecule has 1 atom stereocenters. The highest BCUT2D eigenvalue weighted by Gasteiger charge is 2.14. The van der Waals surface area contributed by atoms with Gasteiger partial charge in [-0.25, -0.2) is 0 Å². The third-order valence-corrected chi connectivity index (χ3v) is 4.68. The van der Waals surface area contributed by atoms with E-state index >= 15 is 0 Å². The number of halogens is 1. The van der Waals surface area contributed by atoms with Crippen molar-refractivity contribution in [2.45, 2.75) is 38.6 Å². The quantitative estimate of drug-likeness (QED) is 0.601. The van der Waals surface area contributed by atoms with Gasteiger partial charge in [-0.3, -0.25) is 4.79 Å². The minimum atomic E-state index is -0.00426. The van der Waals surface area contributed by atoms with Crippen molar-refractivity contribution in [2.24, 2.45) is 0 Å². The van der Waals surface area contributed by atoms with Gasteiger partial charge in [-0.05, 0) is 77.4 Å². The number of unbranched alkanes of at least 4 members (excludes halogenated alkanes) is 1. The summed E-state index contributed by atoms with van der Waals surface area (Å²) in [5.74, 6) is 0.848. The van der Waals surface area contributed by atoms with Gasteiger partial charge in [-0.2, -0.15) is 0 Å². The summed E-state index contributed by atoms with van der Waals surface area (Å²) < 4.78 is 6.42. The molecule has 24 heavy (non-hydrogen) atoms. The van der Waals surface area contributed by atoms with E-state index in [0.29, 0.717) is 5.56 Å². The lowest BCUT2D eigenvalue weighted by molar-refractivity contribution is 0.0934. The van der Waals surface area contributed by atoms with Crippen LogP contribution in [0.15, 0.2) is 48.5 Å². The molecule has 0 bridgehead atoms. The van der Waals surface area contributed by atoms with Crippen LogP contribution in [0, 0.1) is 3.57 Å². The molecule has 2 aromatic carbocycles. The fourth-order valence-electron chi connectivity index (χ4n) is 2.63. The average Bonchev–Trinajstić information content (AvgIpc) is 2.60. The predicted octanol–water partition coefficient (Wildman–Crippen LogP) is 4.83. The first-order chi connectivity index (χ1) is 11.6. The SMILES string of the molecule is CCCC[C@@H](Cc1cccc(OC)c1)NC(=O)c1ccc(I)cc1. The van der Waals surface area contributed by atoms with E-state index in [1.807, 2.05) is 42.5 Å². The standard InChI is InChI=1S/C20H24INO2/c1-3-4-7-18(13-15-6-5-8-19(14-15)24-2)22-20(23)16-9-11-17(21)12-10-16/h5-6,8-12,14,18H,3-4,7,13H2,1-2H3,(H,22,23)/t18-/m0/s1. The number of methoxy groups -OCH3 is 1. The number of hydrogen-bond acceptors (Lipinski definition) is 2. The largest absolute Gasteiger partial charge is 0.497 e. The number of nitrogens with one attached hydrogen (secondary N) is 1. The molecule has 0 heterocycles. The molecule has 1 N–H and O–H groups in total. The van der Waals surface area contributed by atoms with Crippen molar-refractivity contribution < 1.29 is 9.53 Å². The molecule has 2 rings (SSSR count). The molecule has 0 fully saturated rings. The van der Waals surface area contributed by atoms with Gasteiger partial charge < -0.3 is 10.1 Å². The van der Waals surface area contributed by atoms with E-state index in [1.54, 1.807) is 7.11 Å². The van der Waals surface area contributed by atoms with Gasteiger partial charge in [0, 0.05) is 15.2 Å². The zero-order valence-electron chi connectivity index (χ0n) is 14.2. The van der Waals surface area contributed by atoms with Crippen LogP contribution in [0.25, 0.3) is 0 Å². The van der Waals surface area contributed by atoms with Crippen molar-refractivity contribution in [3.8, 4) is 5.75 Å². The number of ether oxygens (including phenoxy) is 1. The summed E-state index contributed by atoms with van der Waals surface area (Å²) in [6.45, 7) is 2.17. The van der Waals surface area contributed by atoms with Gasteiger partial charge in [0.05, 0.1) is 7.11 Å². The van der Waals surface area contributed by atoms with E-state index in [0.717, 1.165) is 35.0 Å². The first-order valence-electron chi connectivity index (χ1n) is 8.31. The molecule has 0 aliphatic heterocycles. The van der Waals surface area contributed by atoms with Crippen molar-refractivity contribution in [3.05, 3.63) is 63.2 Å². The van der Waals surface area contributed by atoms with E-state index < -0.39 is 0 Å². The van der Waals surface area contributed by atoms with Crippen molar-refractivity contribution in [3.63, 3.8) is 0 Å². The Labute approximate surface area is 157 Å². The number of amides is 1. The van der Waals surface area contributed by atoms with Crippen LogP contribution < -0.4 is 10.1 Å². The molecule has 0 saturated heterocycles. The molecule has 3 nitrogen and oxygen atoms in total. The van der Waals surface area contributed by atoms with Gasteiger partial charge in [-0.15, -0.1) is 0 Å². The molecule has 1 amide bonds. The highest BCUT2D eigenvalue weighted by Crippen LogP contribution is 2.16. The lowest BCUT2D eigenvalue weighted by Gasteiger charge is -2.19. The minimum Gasteiger partial charge on any atom is -0.497 e. The van der Waals surface area contributed by atoms with Gasteiger partial charge in [0.25, 0.3) is 5.91 Å². The fraction of sp³-hybridized carbons (Fsp3) is 0.350. The Kier molecular flexibility index (Phi) is 7.56. The Morgan fingerprint density at radius 3 is 2.62 bits per heavy atom. The molecular weight excluding hydrogens is 413 g/mol. The maximum atomic E-state index is 12.5. The number of benzene rings is 2. The van der Waals surface area contributed by atoms with Crippen LogP contribution in [0.2, 0.25) is 0 Å². The molecule has 4 heteroatoms. The highest BCUT2D eigenvalue weighted by atomic mass is 127. The van der Waals surface area contributed by atoms with E-state index in [-0.39, 0.29) is 11.9 Å². The zero-order chi connectivity index (χ0) is 17.4. The van der Waals surface area contributed by atoms with Gasteiger partial charge in [0.1, 0.15) is 5.75 Å². The van der Waals surface area contributed by atoms with E-state index in [4.69, 9.17) is 4.74 Å². The van der Waals surface area contributed by atoms with E-state index in [9.17, 15) is 4.79 Å². The summed E-state index contributed by atoms with van der Waals surface area (Å²) in [6, 6.07) is 15.8.